The van der Waals surface area contributed by atoms with Gasteiger partial charge in [0.05, 0.1) is 0 Å². The maximum Gasteiger partial charge on any atom is 0.317 e. The summed E-state index contributed by atoms with van der Waals surface area (Å²) in [5.41, 5.74) is 0. The average molecular weight is 295 g/mol. The number of hydrogen-bond acceptors (Lipinski definition) is 2. The summed E-state index contributed by atoms with van der Waals surface area (Å²) in [6.07, 6.45) is 3.44. The lowest BCUT2D eigenvalue weighted by Crippen LogP contribution is -2.52. The molecule has 122 valence electrons. The lowest BCUT2D eigenvalue weighted by molar-refractivity contribution is 0.134. The van der Waals surface area contributed by atoms with Gasteiger partial charge in [-0.1, -0.05) is 27.7 Å². The standard InChI is InChI=1S/C17H33N3O/c1-13(2)10-19-7-5-16(6-8-19)18-17(21)20-11-14(3)9-15(4)12-20/h13-16H,5-12H2,1-4H3,(H,18,21)/t14-,15+. The number of amides is 2. The Kier molecular flexibility index (Phi) is 5.91. The van der Waals surface area contributed by atoms with E-state index in [0.29, 0.717) is 17.9 Å². The van der Waals surface area contributed by atoms with Gasteiger partial charge in [-0.25, -0.2) is 4.79 Å². The van der Waals surface area contributed by atoms with Crippen molar-refractivity contribution in [3.63, 3.8) is 0 Å². The van der Waals surface area contributed by atoms with Gasteiger partial charge in [0.2, 0.25) is 0 Å². The Hall–Kier alpha value is -0.770. The van der Waals surface area contributed by atoms with Gasteiger partial charge in [-0.05, 0) is 37.0 Å². The first-order chi connectivity index (χ1) is 9.94. The van der Waals surface area contributed by atoms with E-state index in [0.717, 1.165) is 44.9 Å². The quantitative estimate of drug-likeness (QED) is 0.869. The summed E-state index contributed by atoms with van der Waals surface area (Å²) in [4.78, 5) is 17.0. The number of carbonyl (C=O) groups excluding carboxylic acids is 1. The van der Waals surface area contributed by atoms with Crippen LogP contribution < -0.4 is 5.32 Å². The average Bonchev–Trinajstić information content (AvgIpc) is 2.39. The predicted molar refractivity (Wildman–Crippen MR) is 87.3 cm³/mol. The predicted octanol–water partition coefficient (Wildman–Crippen LogP) is 2.79. The van der Waals surface area contributed by atoms with E-state index in [1.165, 1.54) is 13.0 Å². The molecule has 0 unspecified atom stereocenters. The molecule has 0 aromatic carbocycles. The van der Waals surface area contributed by atoms with E-state index in [1.807, 2.05) is 4.90 Å². The van der Waals surface area contributed by atoms with Crippen LogP contribution in [0.15, 0.2) is 0 Å². The number of carbonyl (C=O) groups is 1. The Morgan fingerprint density at radius 1 is 1.14 bits per heavy atom. The molecule has 2 saturated heterocycles. The molecule has 0 saturated carbocycles. The smallest absolute Gasteiger partial charge is 0.317 e. The number of nitrogens with zero attached hydrogens (tertiary/aromatic N) is 2. The van der Waals surface area contributed by atoms with Gasteiger partial charge < -0.3 is 15.1 Å². The van der Waals surface area contributed by atoms with E-state index in [9.17, 15) is 4.79 Å². The van der Waals surface area contributed by atoms with E-state index in [1.54, 1.807) is 0 Å². The van der Waals surface area contributed by atoms with E-state index in [4.69, 9.17) is 0 Å². The highest BCUT2D eigenvalue weighted by atomic mass is 16.2. The van der Waals surface area contributed by atoms with Gasteiger partial charge in [-0.2, -0.15) is 0 Å². The summed E-state index contributed by atoms with van der Waals surface area (Å²) < 4.78 is 0. The third-order valence-corrected chi connectivity index (χ3v) is 4.69. The molecule has 0 radical (unpaired) electrons. The van der Waals surface area contributed by atoms with Gasteiger partial charge in [-0.3, -0.25) is 0 Å². The van der Waals surface area contributed by atoms with Crippen molar-refractivity contribution in [1.82, 2.24) is 15.1 Å². The van der Waals surface area contributed by atoms with Crippen molar-refractivity contribution in [2.75, 3.05) is 32.7 Å². The minimum absolute atomic E-state index is 0.163. The maximum absolute atomic E-state index is 12.4. The van der Waals surface area contributed by atoms with Crippen LogP contribution in [0.3, 0.4) is 0 Å². The summed E-state index contributed by atoms with van der Waals surface area (Å²) in [6.45, 7) is 14.3. The Labute approximate surface area is 130 Å². The van der Waals surface area contributed by atoms with Gasteiger partial charge in [-0.15, -0.1) is 0 Å². The van der Waals surface area contributed by atoms with Crippen LogP contribution in [0, 0.1) is 17.8 Å². The largest absolute Gasteiger partial charge is 0.335 e. The number of hydrogen-bond donors (Lipinski definition) is 1. The van der Waals surface area contributed by atoms with Gasteiger partial charge in [0, 0.05) is 38.8 Å². The summed E-state index contributed by atoms with van der Waals surface area (Å²) >= 11 is 0. The first kappa shape index (κ1) is 16.6. The van der Waals surface area contributed by atoms with Crippen molar-refractivity contribution in [3.8, 4) is 0 Å². The van der Waals surface area contributed by atoms with Crippen LogP contribution in [0.4, 0.5) is 4.79 Å². The molecule has 21 heavy (non-hydrogen) atoms. The Morgan fingerprint density at radius 2 is 1.71 bits per heavy atom. The first-order valence-electron chi connectivity index (χ1n) is 8.71. The Bertz CT molecular complexity index is 327. The monoisotopic (exact) mass is 295 g/mol. The van der Waals surface area contributed by atoms with E-state index >= 15 is 0 Å². The summed E-state index contributed by atoms with van der Waals surface area (Å²) in [7, 11) is 0. The fraction of sp³-hybridized carbons (Fsp3) is 0.941. The zero-order valence-electron chi connectivity index (χ0n) is 14.3. The van der Waals surface area contributed by atoms with E-state index in [-0.39, 0.29) is 6.03 Å². The molecule has 2 rings (SSSR count). The molecule has 2 heterocycles. The maximum atomic E-state index is 12.4. The summed E-state index contributed by atoms with van der Waals surface area (Å²) in [5, 5.41) is 3.26. The van der Waals surface area contributed by atoms with Crippen LogP contribution in [0.2, 0.25) is 0 Å². The molecule has 2 aliphatic heterocycles. The lowest BCUT2D eigenvalue weighted by Gasteiger charge is -2.38. The molecule has 0 bridgehead atoms. The minimum atomic E-state index is 0.163. The third kappa shape index (κ3) is 5.17. The fourth-order valence-corrected chi connectivity index (χ4v) is 3.87. The molecule has 2 amide bonds. The zero-order chi connectivity index (χ0) is 15.4. The number of piperidine rings is 2. The van der Waals surface area contributed by atoms with Crippen LogP contribution in [0.5, 0.6) is 0 Å². The third-order valence-electron chi connectivity index (χ3n) is 4.69. The van der Waals surface area contributed by atoms with Crippen LogP contribution in [-0.2, 0) is 0 Å². The molecule has 4 nitrogen and oxygen atoms in total. The molecule has 4 heteroatoms. The van der Waals surface area contributed by atoms with Crippen LogP contribution in [0.25, 0.3) is 0 Å². The number of rotatable bonds is 3. The van der Waals surface area contributed by atoms with Crippen molar-refractivity contribution in [1.29, 1.82) is 0 Å². The first-order valence-corrected chi connectivity index (χ1v) is 8.71. The van der Waals surface area contributed by atoms with Crippen molar-refractivity contribution >= 4 is 6.03 Å². The number of likely N-dealkylation sites (tertiary alicyclic amines) is 2. The number of urea groups is 1. The molecule has 2 atom stereocenters. The molecule has 1 N–H and O–H groups in total. The second kappa shape index (κ2) is 7.48. The fourth-order valence-electron chi connectivity index (χ4n) is 3.87. The van der Waals surface area contributed by atoms with Crippen LogP contribution in [0.1, 0.15) is 47.0 Å². The summed E-state index contributed by atoms with van der Waals surface area (Å²) in [6, 6.07) is 0.532. The van der Waals surface area contributed by atoms with Crippen LogP contribution >= 0.6 is 0 Å². The highest BCUT2D eigenvalue weighted by Gasteiger charge is 2.27. The Morgan fingerprint density at radius 3 is 2.24 bits per heavy atom. The number of nitrogens with one attached hydrogen (secondary N) is 1. The highest BCUT2D eigenvalue weighted by Crippen LogP contribution is 2.21. The second-order valence-corrected chi connectivity index (χ2v) is 7.77. The molecule has 2 fully saturated rings. The van der Waals surface area contributed by atoms with E-state index in [2.05, 4.69) is 37.9 Å². The zero-order valence-corrected chi connectivity index (χ0v) is 14.3. The Balaban J connectivity index is 1.74. The van der Waals surface area contributed by atoms with Crippen molar-refractivity contribution in [3.05, 3.63) is 0 Å². The van der Waals surface area contributed by atoms with Gasteiger partial charge in [0.15, 0.2) is 0 Å². The van der Waals surface area contributed by atoms with E-state index < -0.39 is 0 Å². The topological polar surface area (TPSA) is 35.6 Å². The van der Waals surface area contributed by atoms with Crippen molar-refractivity contribution < 1.29 is 4.79 Å². The lowest BCUT2D eigenvalue weighted by atomic mass is 9.92. The van der Waals surface area contributed by atoms with Gasteiger partial charge in [0.25, 0.3) is 0 Å². The highest BCUT2D eigenvalue weighted by molar-refractivity contribution is 5.74. The molecule has 0 spiro atoms. The SMILES string of the molecule is CC(C)CN1CCC(NC(=O)N2C[C@H](C)C[C@H](C)C2)CC1. The molecule has 0 aromatic rings. The van der Waals surface area contributed by atoms with Crippen LogP contribution in [-0.4, -0.2) is 54.6 Å². The molecular formula is C17H33N3O. The molecular weight excluding hydrogens is 262 g/mol. The minimum Gasteiger partial charge on any atom is -0.335 e. The van der Waals surface area contributed by atoms with Gasteiger partial charge >= 0.3 is 6.03 Å². The second-order valence-electron chi connectivity index (χ2n) is 7.77. The summed E-state index contributed by atoms with van der Waals surface area (Å²) in [5.74, 6) is 1.99. The normalized spacial score (nSPS) is 28.9. The van der Waals surface area contributed by atoms with Crippen molar-refractivity contribution in [2.24, 2.45) is 17.8 Å². The van der Waals surface area contributed by atoms with Crippen molar-refractivity contribution in [2.45, 2.75) is 53.0 Å². The van der Waals surface area contributed by atoms with Gasteiger partial charge in [0.1, 0.15) is 0 Å². The molecule has 2 aliphatic rings. The molecule has 0 aromatic heterocycles. The molecule has 0 aliphatic carbocycles.